The predicted molar refractivity (Wildman–Crippen MR) is 410 cm³/mol. The molecule has 0 bridgehead atoms. The normalized spacial score (nSPS) is 13.0. The lowest BCUT2D eigenvalue weighted by Crippen LogP contribution is -2.40. The van der Waals surface area contributed by atoms with E-state index in [9.17, 15) is 19.5 Å². The summed E-state index contributed by atoms with van der Waals surface area (Å²) in [6.45, 7) is 4.83. The van der Waals surface area contributed by atoms with Gasteiger partial charge in [-0.2, -0.15) is 0 Å². The van der Waals surface area contributed by atoms with Gasteiger partial charge in [-0.05, 0) is 64.2 Å². The number of hydrogen-bond acceptors (Lipinski definition) is 7. The number of nitrogens with zero attached hydrogens (tertiary/aromatic N) is 1. The van der Waals surface area contributed by atoms with Gasteiger partial charge < -0.3 is 28.5 Å². The Morgan fingerprint density at radius 2 is 0.600 bits per heavy atom. The van der Waals surface area contributed by atoms with E-state index in [4.69, 9.17) is 18.9 Å². The molecule has 0 heterocycles. The van der Waals surface area contributed by atoms with Crippen LogP contribution in [0.3, 0.4) is 0 Å². The molecule has 0 radical (unpaired) electrons. The van der Waals surface area contributed by atoms with Crippen molar-refractivity contribution in [3.05, 3.63) is 72.9 Å². The molecule has 0 aromatic rings. The Kier molecular flexibility index (Phi) is 73.9. The van der Waals surface area contributed by atoms with Crippen molar-refractivity contribution >= 4 is 17.9 Å². The molecule has 9 heteroatoms. The zero-order chi connectivity index (χ0) is 69.0. The van der Waals surface area contributed by atoms with Crippen LogP contribution in [0.1, 0.15) is 399 Å². The van der Waals surface area contributed by atoms with Crippen molar-refractivity contribution in [2.45, 2.75) is 411 Å². The van der Waals surface area contributed by atoms with Gasteiger partial charge in [0.1, 0.15) is 13.2 Å². The standard InChI is InChI=1S/C86H157NO8/c1-6-8-10-12-14-16-18-20-22-24-26-28-30-32-34-36-38-40-41-42-43-45-47-49-51-53-55-57-59-61-63-65-67-69-71-73-75-77-84(89)95-82(81-94-86(85(90)91)92-79-78-87(3,4)5)80-93-83(88)76-74-72-70-68-66-64-62-60-58-56-54-52-50-48-46-44-39-37-35-33-31-29-27-25-23-21-19-17-15-13-11-9-7-2/h8,10,14,16,20,22,26,28,32,34,38,40,82,86H,6-7,9,11-13,15,17-19,21,23-25,27,29-31,33,35-37,39,41-81H2,1-5H3/p+1/b10-8-,16-14-,22-20-,28-26-,34-32-,40-38-. The van der Waals surface area contributed by atoms with E-state index in [1.165, 1.54) is 295 Å². The summed E-state index contributed by atoms with van der Waals surface area (Å²) in [6, 6.07) is 0. The summed E-state index contributed by atoms with van der Waals surface area (Å²) >= 11 is 0. The Bertz CT molecular complexity index is 1790. The minimum atomic E-state index is -1.51. The van der Waals surface area contributed by atoms with Gasteiger partial charge in [0.15, 0.2) is 6.10 Å². The Labute approximate surface area is 589 Å². The van der Waals surface area contributed by atoms with Crippen molar-refractivity contribution in [3.63, 3.8) is 0 Å². The molecule has 0 rings (SSSR count). The number of quaternary nitrogens is 1. The maximum atomic E-state index is 13.0. The number of carbonyl (C=O) groups excluding carboxylic acids is 2. The number of carboxylic acids is 1. The first kappa shape index (κ1) is 91.7. The van der Waals surface area contributed by atoms with E-state index in [1.807, 2.05) is 21.1 Å². The molecule has 0 saturated carbocycles. The Morgan fingerprint density at radius 1 is 0.326 bits per heavy atom. The van der Waals surface area contributed by atoms with Crippen LogP contribution in [0.2, 0.25) is 0 Å². The van der Waals surface area contributed by atoms with E-state index in [-0.39, 0.29) is 38.2 Å². The minimum absolute atomic E-state index is 0.177. The molecule has 0 aliphatic carbocycles. The average Bonchev–Trinajstić information content (AvgIpc) is 3.75. The second-order valence-corrected chi connectivity index (χ2v) is 29.1. The third-order valence-electron chi connectivity index (χ3n) is 18.5. The molecule has 0 spiro atoms. The number of carbonyl (C=O) groups is 3. The Balaban J connectivity index is 3.98. The van der Waals surface area contributed by atoms with E-state index < -0.39 is 18.4 Å². The van der Waals surface area contributed by atoms with Crippen molar-refractivity contribution in [2.24, 2.45) is 0 Å². The molecule has 0 aliphatic heterocycles. The van der Waals surface area contributed by atoms with E-state index in [0.717, 1.165) is 77.0 Å². The average molecular weight is 1330 g/mol. The van der Waals surface area contributed by atoms with Crippen LogP contribution in [0, 0.1) is 0 Å². The van der Waals surface area contributed by atoms with E-state index >= 15 is 0 Å². The number of carboxylic acid groups (broad SMARTS) is 1. The van der Waals surface area contributed by atoms with Gasteiger partial charge >= 0.3 is 17.9 Å². The van der Waals surface area contributed by atoms with Crippen molar-refractivity contribution in [1.82, 2.24) is 0 Å². The van der Waals surface area contributed by atoms with Crippen molar-refractivity contribution in [3.8, 4) is 0 Å². The highest BCUT2D eigenvalue weighted by Crippen LogP contribution is 2.20. The molecule has 0 aromatic heterocycles. The highest BCUT2D eigenvalue weighted by atomic mass is 16.7. The van der Waals surface area contributed by atoms with Gasteiger partial charge in [-0.25, -0.2) is 4.79 Å². The summed E-state index contributed by atoms with van der Waals surface area (Å²) in [6.07, 6.45) is 101. The maximum Gasteiger partial charge on any atom is 0.361 e. The van der Waals surface area contributed by atoms with E-state index in [1.54, 1.807) is 0 Å². The summed E-state index contributed by atoms with van der Waals surface area (Å²) in [7, 11) is 6.00. The first-order valence-corrected chi connectivity index (χ1v) is 41.1. The van der Waals surface area contributed by atoms with Gasteiger partial charge in [-0.3, -0.25) is 9.59 Å². The number of allylic oxidation sites excluding steroid dienone is 12. The number of likely N-dealkylation sites (N-methyl/N-ethyl adjacent to an activating group) is 1. The molecule has 2 unspecified atom stereocenters. The molecule has 0 fully saturated rings. The summed E-state index contributed by atoms with van der Waals surface area (Å²) < 4.78 is 23.1. The third-order valence-corrected chi connectivity index (χ3v) is 18.5. The first-order chi connectivity index (χ1) is 46.6. The molecule has 9 nitrogen and oxygen atoms in total. The SMILES string of the molecule is CC/C=C\C/C=C\C/C=C\C/C=C\C/C=C\C/C=C\CCCCCCCCCCCCCCCCCCCCC(=O)OC(COC(=O)CCCCCCCCCCCCCCCCCCCCCCCCCCCCCCCCCCC)COC(OCC[N+](C)(C)C)C(=O)O. The smallest absolute Gasteiger partial charge is 0.361 e. The van der Waals surface area contributed by atoms with Crippen LogP contribution >= 0.6 is 0 Å². The van der Waals surface area contributed by atoms with E-state index in [2.05, 4.69) is 86.8 Å². The van der Waals surface area contributed by atoms with Gasteiger partial charge in [0, 0.05) is 12.8 Å². The lowest BCUT2D eigenvalue weighted by molar-refractivity contribution is -0.870. The fourth-order valence-corrected chi connectivity index (χ4v) is 12.3. The molecule has 0 aliphatic rings. The number of hydrogen-bond donors (Lipinski definition) is 1. The molecule has 95 heavy (non-hydrogen) atoms. The number of rotatable bonds is 77. The number of aliphatic carboxylic acids is 1. The summed E-state index contributed by atoms with van der Waals surface area (Å²) in [4.78, 5) is 37.8. The van der Waals surface area contributed by atoms with Crippen LogP contribution in [-0.2, 0) is 33.3 Å². The second kappa shape index (κ2) is 76.5. The Morgan fingerprint density at radius 3 is 0.895 bits per heavy atom. The summed E-state index contributed by atoms with van der Waals surface area (Å²) in [5.41, 5.74) is 0. The van der Waals surface area contributed by atoms with E-state index in [0.29, 0.717) is 17.4 Å². The molecular formula is C86H158NO8+. The summed E-state index contributed by atoms with van der Waals surface area (Å²) in [5.74, 6) is -1.98. The predicted octanol–water partition coefficient (Wildman–Crippen LogP) is 26.4. The zero-order valence-electron chi connectivity index (χ0n) is 63.6. The number of unbranched alkanes of at least 4 members (excludes halogenated alkanes) is 50. The highest BCUT2D eigenvalue weighted by Gasteiger charge is 2.25. The minimum Gasteiger partial charge on any atom is -0.477 e. The van der Waals surface area contributed by atoms with Crippen LogP contribution < -0.4 is 0 Å². The highest BCUT2D eigenvalue weighted by molar-refractivity contribution is 5.71. The second-order valence-electron chi connectivity index (χ2n) is 29.1. The van der Waals surface area contributed by atoms with Crippen LogP contribution in [0.25, 0.3) is 0 Å². The van der Waals surface area contributed by atoms with Gasteiger partial charge in [0.2, 0.25) is 0 Å². The summed E-state index contributed by atoms with van der Waals surface area (Å²) in [5, 5.41) is 9.78. The largest absolute Gasteiger partial charge is 0.477 e. The first-order valence-electron chi connectivity index (χ1n) is 41.1. The molecule has 1 N–H and O–H groups in total. The molecular weight excluding hydrogens is 1170 g/mol. The van der Waals surface area contributed by atoms with Crippen LogP contribution in [0.5, 0.6) is 0 Å². The Hall–Kier alpha value is -3.27. The fourth-order valence-electron chi connectivity index (χ4n) is 12.3. The van der Waals surface area contributed by atoms with Crippen LogP contribution in [-0.4, -0.2) is 87.4 Å². The lowest BCUT2D eigenvalue weighted by Gasteiger charge is -2.25. The van der Waals surface area contributed by atoms with Gasteiger partial charge in [0.05, 0.1) is 34.4 Å². The fraction of sp³-hybridized carbons (Fsp3) is 0.826. The lowest BCUT2D eigenvalue weighted by atomic mass is 10.0. The maximum absolute atomic E-state index is 13.0. The van der Waals surface area contributed by atoms with Gasteiger partial charge in [0.25, 0.3) is 6.29 Å². The molecule has 0 saturated heterocycles. The van der Waals surface area contributed by atoms with Crippen molar-refractivity contribution in [2.75, 3.05) is 47.5 Å². The molecule has 0 amide bonds. The topological polar surface area (TPSA) is 108 Å². The third kappa shape index (κ3) is 77.9. The quantitative estimate of drug-likeness (QED) is 0.0211. The van der Waals surface area contributed by atoms with Crippen LogP contribution in [0.15, 0.2) is 72.9 Å². The zero-order valence-corrected chi connectivity index (χ0v) is 63.6. The van der Waals surface area contributed by atoms with Crippen molar-refractivity contribution in [1.29, 1.82) is 0 Å². The molecule has 0 aromatic carbocycles. The van der Waals surface area contributed by atoms with Crippen molar-refractivity contribution < 1.29 is 42.9 Å². The number of ether oxygens (including phenoxy) is 4. The molecule has 2 atom stereocenters. The van der Waals surface area contributed by atoms with Gasteiger partial charge in [-0.1, -0.05) is 395 Å². The number of esters is 2. The molecule has 554 valence electrons. The van der Waals surface area contributed by atoms with Crippen LogP contribution in [0.4, 0.5) is 0 Å². The van der Waals surface area contributed by atoms with Gasteiger partial charge in [-0.15, -0.1) is 0 Å². The monoisotopic (exact) mass is 1330 g/mol.